The van der Waals surface area contributed by atoms with Gasteiger partial charge in [0.15, 0.2) is 0 Å². The van der Waals surface area contributed by atoms with Crippen molar-refractivity contribution in [2.24, 2.45) is 0 Å². The predicted molar refractivity (Wildman–Crippen MR) is 102 cm³/mol. The van der Waals surface area contributed by atoms with Crippen molar-refractivity contribution in [1.29, 1.82) is 0 Å². The number of hydrogen-bond donors (Lipinski definition) is 1. The Kier molecular flexibility index (Phi) is 4.86. The van der Waals surface area contributed by atoms with Gasteiger partial charge in [-0.3, -0.25) is 4.79 Å². The van der Waals surface area contributed by atoms with Crippen molar-refractivity contribution >= 4 is 27.3 Å². The molecule has 0 radical (unpaired) electrons. The molecule has 5 nitrogen and oxygen atoms in total. The fraction of sp³-hybridized carbons (Fsp3) is 0.421. The Morgan fingerprint density at radius 2 is 1.88 bits per heavy atom. The van der Waals surface area contributed by atoms with E-state index >= 15 is 0 Å². The van der Waals surface area contributed by atoms with Gasteiger partial charge in [-0.1, -0.05) is 37.1 Å². The second-order valence-corrected chi connectivity index (χ2v) is 9.81. The van der Waals surface area contributed by atoms with Crippen molar-refractivity contribution in [1.82, 2.24) is 9.62 Å². The van der Waals surface area contributed by atoms with E-state index in [1.54, 1.807) is 5.38 Å². The van der Waals surface area contributed by atoms with Gasteiger partial charge in [0.05, 0.1) is 9.77 Å². The third kappa shape index (κ3) is 3.43. The summed E-state index contributed by atoms with van der Waals surface area (Å²) in [5.41, 5.74) is 2.26. The average molecular weight is 391 g/mol. The molecule has 1 aliphatic carbocycles. The molecule has 1 aromatic heterocycles. The monoisotopic (exact) mass is 390 g/mol. The molecule has 4 rings (SSSR count). The van der Waals surface area contributed by atoms with Crippen LogP contribution in [0.3, 0.4) is 0 Å². The molecule has 2 heterocycles. The highest BCUT2D eigenvalue weighted by Crippen LogP contribution is 2.28. The van der Waals surface area contributed by atoms with Gasteiger partial charge in [0.1, 0.15) is 0 Å². The second-order valence-electron chi connectivity index (χ2n) is 6.96. The largest absolute Gasteiger partial charge is 0.349 e. The van der Waals surface area contributed by atoms with Crippen LogP contribution >= 0.6 is 11.3 Å². The molecule has 0 bridgehead atoms. The Bertz CT molecular complexity index is 914. The van der Waals surface area contributed by atoms with Gasteiger partial charge in [-0.2, -0.15) is 4.31 Å². The van der Waals surface area contributed by atoms with E-state index in [1.807, 2.05) is 18.2 Å². The van der Waals surface area contributed by atoms with E-state index < -0.39 is 10.0 Å². The zero-order valence-electron chi connectivity index (χ0n) is 14.5. The van der Waals surface area contributed by atoms with Gasteiger partial charge in [0.2, 0.25) is 10.0 Å². The summed E-state index contributed by atoms with van der Waals surface area (Å²) >= 11 is 1.20. The molecule has 1 fully saturated rings. The third-order valence-electron chi connectivity index (χ3n) is 5.22. The maximum absolute atomic E-state index is 13.0. The normalized spacial score (nSPS) is 18.6. The van der Waals surface area contributed by atoms with Crippen LogP contribution in [0, 0.1) is 0 Å². The molecule has 1 aliphatic heterocycles. The van der Waals surface area contributed by atoms with Crippen LogP contribution in [-0.4, -0.2) is 31.2 Å². The summed E-state index contributed by atoms with van der Waals surface area (Å²) in [6, 6.07) is 9.69. The summed E-state index contributed by atoms with van der Waals surface area (Å²) in [6.45, 7) is 0.858. The van der Waals surface area contributed by atoms with Gasteiger partial charge in [0.25, 0.3) is 5.91 Å². The average Bonchev–Trinajstić information content (AvgIpc) is 3.33. The fourth-order valence-corrected chi connectivity index (χ4v) is 6.31. The number of thiophene rings is 1. The standard InChI is InChI=1S/C19H22N2O3S2/c22-19(20-16-7-3-4-8-16)18-11-17(13-25-18)26(23,24)21-10-9-14-5-1-2-6-15(14)12-21/h1-2,5-6,11,13,16H,3-4,7-10,12H2,(H,20,22). The lowest BCUT2D eigenvalue weighted by Crippen LogP contribution is -2.35. The molecule has 1 amide bonds. The topological polar surface area (TPSA) is 66.5 Å². The maximum Gasteiger partial charge on any atom is 0.261 e. The van der Waals surface area contributed by atoms with Crippen molar-refractivity contribution in [3.8, 4) is 0 Å². The van der Waals surface area contributed by atoms with Crippen LogP contribution in [0.2, 0.25) is 0 Å². The van der Waals surface area contributed by atoms with Gasteiger partial charge in [-0.25, -0.2) is 8.42 Å². The van der Waals surface area contributed by atoms with E-state index in [0.29, 0.717) is 24.4 Å². The minimum absolute atomic E-state index is 0.160. The summed E-state index contributed by atoms with van der Waals surface area (Å²) in [5, 5.41) is 4.60. The van der Waals surface area contributed by atoms with Crippen LogP contribution in [0.4, 0.5) is 0 Å². The van der Waals surface area contributed by atoms with Crippen LogP contribution in [0.25, 0.3) is 0 Å². The fourth-order valence-electron chi connectivity index (χ4n) is 3.72. The zero-order valence-corrected chi connectivity index (χ0v) is 16.1. The minimum Gasteiger partial charge on any atom is -0.349 e. The van der Waals surface area contributed by atoms with Gasteiger partial charge in [0, 0.05) is 24.5 Å². The van der Waals surface area contributed by atoms with Gasteiger partial charge in [-0.15, -0.1) is 11.3 Å². The molecular weight excluding hydrogens is 368 g/mol. The maximum atomic E-state index is 13.0. The van der Waals surface area contributed by atoms with E-state index in [0.717, 1.165) is 31.2 Å². The number of sulfonamides is 1. The number of benzene rings is 1. The summed E-state index contributed by atoms with van der Waals surface area (Å²) < 4.78 is 27.5. The van der Waals surface area contributed by atoms with Gasteiger partial charge >= 0.3 is 0 Å². The van der Waals surface area contributed by atoms with E-state index in [4.69, 9.17) is 0 Å². The summed E-state index contributed by atoms with van der Waals surface area (Å²) in [7, 11) is -3.58. The van der Waals surface area contributed by atoms with Gasteiger partial charge in [-0.05, 0) is 36.5 Å². The number of nitrogens with zero attached hydrogens (tertiary/aromatic N) is 1. The number of hydrogen-bond acceptors (Lipinski definition) is 4. The molecule has 0 spiro atoms. The number of rotatable bonds is 4. The Balaban J connectivity index is 1.50. The molecule has 1 N–H and O–H groups in total. The Morgan fingerprint density at radius 1 is 1.15 bits per heavy atom. The van der Waals surface area contributed by atoms with Gasteiger partial charge < -0.3 is 5.32 Å². The first-order valence-corrected chi connectivity index (χ1v) is 11.3. The van der Waals surface area contributed by atoms with Crippen molar-refractivity contribution in [3.05, 3.63) is 51.7 Å². The van der Waals surface area contributed by atoms with Crippen molar-refractivity contribution in [2.45, 2.75) is 49.6 Å². The SMILES string of the molecule is O=C(NC1CCCC1)c1cc(S(=O)(=O)N2CCc3ccccc3C2)cs1. The van der Waals surface area contributed by atoms with Crippen LogP contribution in [0.15, 0.2) is 40.6 Å². The smallest absolute Gasteiger partial charge is 0.261 e. The van der Waals surface area contributed by atoms with E-state index in [2.05, 4.69) is 11.4 Å². The number of carbonyl (C=O) groups is 1. The quantitative estimate of drug-likeness (QED) is 0.872. The Labute approximate surface area is 158 Å². The third-order valence-corrected chi connectivity index (χ3v) is 8.12. The molecule has 2 aromatic rings. The number of carbonyl (C=O) groups excluding carboxylic acids is 1. The highest BCUT2D eigenvalue weighted by Gasteiger charge is 2.30. The Morgan fingerprint density at radius 3 is 2.65 bits per heavy atom. The first kappa shape index (κ1) is 17.7. The van der Waals surface area contributed by atoms with Crippen LogP contribution in [0.5, 0.6) is 0 Å². The van der Waals surface area contributed by atoms with Crippen LogP contribution in [-0.2, 0) is 23.0 Å². The molecule has 138 valence electrons. The molecule has 26 heavy (non-hydrogen) atoms. The molecule has 1 saturated carbocycles. The van der Waals surface area contributed by atoms with E-state index in [1.165, 1.54) is 27.3 Å². The second kappa shape index (κ2) is 7.13. The molecule has 7 heteroatoms. The lowest BCUT2D eigenvalue weighted by atomic mass is 10.0. The summed E-state index contributed by atoms with van der Waals surface area (Å²) in [6.07, 6.45) is 5.02. The van der Waals surface area contributed by atoms with Crippen molar-refractivity contribution in [3.63, 3.8) is 0 Å². The number of nitrogens with one attached hydrogen (secondary N) is 1. The van der Waals surface area contributed by atoms with E-state index in [-0.39, 0.29) is 16.8 Å². The Hall–Kier alpha value is -1.70. The molecule has 0 unspecified atom stereocenters. The molecule has 0 saturated heterocycles. The molecule has 2 aliphatic rings. The summed E-state index contributed by atoms with van der Waals surface area (Å²) in [4.78, 5) is 13.1. The van der Waals surface area contributed by atoms with Crippen molar-refractivity contribution in [2.75, 3.05) is 6.54 Å². The van der Waals surface area contributed by atoms with E-state index in [9.17, 15) is 13.2 Å². The molecule has 1 aromatic carbocycles. The van der Waals surface area contributed by atoms with Crippen molar-refractivity contribution < 1.29 is 13.2 Å². The first-order chi connectivity index (χ1) is 12.5. The molecule has 0 atom stereocenters. The number of fused-ring (bicyclic) bond motifs is 1. The predicted octanol–water partition coefficient (Wildman–Crippen LogP) is 3.17. The lowest BCUT2D eigenvalue weighted by Gasteiger charge is -2.27. The van der Waals surface area contributed by atoms with Crippen LogP contribution in [0.1, 0.15) is 46.5 Å². The zero-order chi connectivity index (χ0) is 18.1. The highest BCUT2D eigenvalue weighted by atomic mass is 32.2. The number of amides is 1. The summed E-state index contributed by atoms with van der Waals surface area (Å²) in [5.74, 6) is -0.160. The molecular formula is C19H22N2O3S2. The van der Waals surface area contributed by atoms with Crippen LogP contribution < -0.4 is 5.32 Å². The minimum atomic E-state index is -3.58. The highest BCUT2D eigenvalue weighted by molar-refractivity contribution is 7.89. The lowest BCUT2D eigenvalue weighted by molar-refractivity contribution is 0.0942. The first-order valence-electron chi connectivity index (χ1n) is 9.00.